The molecule has 5 nitrogen and oxygen atoms in total. The fourth-order valence-corrected chi connectivity index (χ4v) is 3.76. The molecule has 0 aliphatic rings. The quantitative estimate of drug-likeness (QED) is 0.874. The van der Waals surface area contributed by atoms with Crippen molar-refractivity contribution in [3.8, 4) is 5.69 Å². The first-order valence-corrected chi connectivity index (χ1v) is 8.22. The molecule has 0 bridgehead atoms. The lowest BCUT2D eigenvalue weighted by molar-refractivity contribution is 0.249. The van der Waals surface area contributed by atoms with Gasteiger partial charge in [0, 0.05) is 19.0 Å². The van der Waals surface area contributed by atoms with Crippen LogP contribution in [0.15, 0.2) is 42.7 Å². The third-order valence-corrected chi connectivity index (χ3v) is 4.79. The van der Waals surface area contributed by atoms with Gasteiger partial charge in [-0.1, -0.05) is 19.1 Å². The standard InChI is InChI=1S/C14H18N2O3S/c1-12(9-17)10-20(18,19)11-13-3-5-14(6-4-13)16-8-2-7-15-16/h2-8,12,17H,9-11H2,1H3. The summed E-state index contributed by atoms with van der Waals surface area (Å²) in [5.74, 6) is -0.232. The Morgan fingerprint density at radius 3 is 2.55 bits per heavy atom. The summed E-state index contributed by atoms with van der Waals surface area (Å²) >= 11 is 0. The van der Waals surface area contributed by atoms with Crippen LogP contribution in [0.25, 0.3) is 5.69 Å². The molecular weight excluding hydrogens is 276 g/mol. The molecule has 0 aliphatic heterocycles. The summed E-state index contributed by atoms with van der Waals surface area (Å²) in [5, 5.41) is 13.0. The monoisotopic (exact) mass is 294 g/mol. The van der Waals surface area contributed by atoms with Gasteiger partial charge in [0.2, 0.25) is 0 Å². The molecule has 0 amide bonds. The van der Waals surface area contributed by atoms with Crippen molar-refractivity contribution in [2.24, 2.45) is 5.92 Å². The highest BCUT2D eigenvalue weighted by molar-refractivity contribution is 7.90. The molecular formula is C14H18N2O3S. The van der Waals surface area contributed by atoms with Crippen molar-refractivity contribution in [3.05, 3.63) is 48.3 Å². The molecule has 108 valence electrons. The Morgan fingerprint density at radius 2 is 2.00 bits per heavy atom. The van der Waals surface area contributed by atoms with E-state index in [1.54, 1.807) is 29.9 Å². The summed E-state index contributed by atoms with van der Waals surface area (Å²) in [6.45, 7) is 1.61. The van der Waals surface area contributed by atoms with E-state index in [9.17, 15) is 8.42 Å². The predicted molar refractivity (Wildman–Crippen MR) is 77.3 cm³/mol. The van der Waals surface area contributed by atoms with Gasteiger partial charge in [0.1, 0.15) is 0 Å². The molecule has 1 aromatic carbocycles. The Morgan fingerprint density at radius 1 is 1.30 bits per heavy atom. The van der Waals surface area contributed by atoms with Gasteiger partial charge in [-0.3, -0.25) is 0 Å². The minimum absolute atomic E-state index is 0.00325. The van der Waals surface area contributed by atoms with E-state index in [-0.39, 0.29) is 24.0 Å². The average Bonchev–Trinajstić information content (AvgIpc) is 2.92. The summed E-state index contributed by atoms with van der Waals surface area (Å²) < 4.78 is 25.6. The molecule has 0 spiro atoms. The number of benzene rings is 1. The van der Waals surface area contributed by atoms with Gasteiger partial charge in [0.25, 0.3) is 0 Å². The van der Waals surface area contributed by atoms with E-state index in [0.29, 0.717) is 0 Å². The number of hydrogen-bond acceptors (Lipinski definition) is 4. The zero-order chi connectivity index (χ0) is 14.6. The van der Waals surface area contributed by atoms with Gasteiger partial charge < -0.3 is 5.11 Å². The van der Waals surface area contributed by atoms with E-state index in [1.165, 1.54) is 0 Å². The van der Waals surface area contributed by atoms with Crippen molar-refractivity contribution in [1.82, 2.24) is 9.78 Å². The summed E-state index contributed by atoms with van der Waals surface area (Å²) in [5.41, 5.74) is 1.63. The topological polar surface area (TPSA) is 72.2 Å². The lowest BCUT2D eigenvalue weighted by atomic mass is 10.2. The maximum atomic E-state index is 12.0. The molecule has 0 saturated carbocycles. The number of aliphatic hydroxyl groups excluding tert-OH is 1. The van der Waals surface area contributed by atoms with Crippen LogP contribution in [0, 0.1) is 5.92 Å². The van der Waals surface area contributed by atoms with E-state index >= 15 is 0 Å². The van der Waals surface area contributed by atoms with Crippen molar-refractivity contribution < 1.29 is 13.5 Å². The van der Waals surface area contributed by atoms with Gasteiger partial charge in [-0.25, -0.2) is 13.1 Å². The normalized spacial score (nSPS) is 13.3. The first kappa shape index (κ1) is 14.7. The van der Waals surface area contributed by atoms with E-state index < -0.39 is 9.84 Å². The minimum atomic E-state index is -3.20. The molecule has 1 unspecified atom stereocenters. The van der Waals surface area contributed by atoms with E-state index in [0.717, 1.165) is 11.3 Å². The number of rotatable bonds is 6. The highest BCUT2D eigenvalue weighted by atomic mass is 32.2. The van der Waals surface area contributed by atoms with Gasteiger partial charge in [0.05, 0.1) is 17.2 Å². The van der Waals surface area contributed by atoms with Crippen molar-refractivity contribution >= 4 is 9.84 Å². The van der Waals surface area contributed by atoms with E-state index in [2.05, 4.69) is 5.10 Å². The van der Waals surface area contributed by atoms with E-state index in [4.69, 9.17) is 5.11 Å². The van der Waals surface area contributed by atoms with Crippen LogP contribution in [0.4, 0.5) is 0 Å². The molecule has 0 radical (unpaired) electrons. The summed E-state index contributed by atoms with van der Waals surface area (Å²) in [4.78, 5) is 0. The van der Waals surface area contributed by atoms with Crippen molar-refractivity contribution in [1.29, 1.82) is 0 Å². The molecule has 6 heteroatoms. The molecule has 0 fully saturated rings. The molecule has 2 aromatic rings. The van der Waals surface area contributed by atoms with Crippen LogP contribution < -0.4 is 0 Å². The van der Waals surface area contributed by atoms with Crippen LogP contribution in [0.1, 0.15) is 12.5 Å². The second-order valence-electron chi connectivity index (χ2n) is 4.96. The first-order chi connectivity index (χ1) is 9.50. The Bertz CT molecular complexity index is 634. The fourth-order valence-electron chi connectivity index (χ4n) is 1.97. The van der Waals surface area contributed by atoms with Crippen LogP contribution in [0.5, 0.6) is 0 Å². The van der Waals surface area contributed by atoms with Crippen molar-refractivity contribution in [2.45, 2.75) is 12.7 Å². The average molecular weight is 294 g/mol. The Hall–Kier alpha value is -1.66. The zero-order valence-corrected chi connectivity index (χ0v) is 12.1. The van der Waals surface area contributed by atoms with Crippen LogP contribution in [0.3, 0.4) is 0 Å². The number of sulfone groups is 1. The zero-order valence-electron chi connectivity index (χ0n) is 11.3. The largest absolute Gasteiger partial charge is 0.396 e. The number of hydrogen-bond donors (Lipinski definition) is 1. The van der Waals surface area contributed by atoms with Gasteiger partial charge in [0.15, 0.2) is 9.84 Å². The second-order valence-corrected chi connectivity index (χ2v) is 7.07. The molecule has 0 saturated heterocycles. The third-order valence-electron chi connectivity index (χ3n) is 2.94. The lowest BCUT2D eigenvalue weighted by Crippen LogP contribution is -2.18. The fraction of sp³-hybridized carbons (Fsp3) is 0.357. The predicted octanol–water partition coefficient (Wildman–Crippen LogP) is 1.42. The van der Waals surface area contributed by atoms with Gasteiger partial charge in [-0.15, -0.1) is 0 Å². The smallest absolute Gasteiger partial charge is 0.154 e. The summed E-state index contributed by atoms with van der Waals surface area (Å²) in [6, 6.07) is 9.09. The van der Waals surface area contributed by atoms with Gasteiger partial charge in [-0.05, 0) is 29.7 Å². The third kappa shape index (κ3) is 3.91. The highest BCUT2D eigenvalue weighted by Gasteiger charge is 2.16. The van der Waals surface area contributed by atoms with Crippen LogP contribution in [-0.4, -0.2) is 35.7 Å². The maximum Gasteiger partial charge on any atom is 0.154 e. The highest BCUT2D eigenvalue weighted by Crippen LogP contribution is 2.13. The maximum absolute atomic E-state index is 12.0. The number of aliphatic hydroxyl groups is 1. The molecule has 20 heavy (non-hydrogen) atoms. The minimum Gasteiger partial charge on any atom is -0.396 e. The van der Waals surface area contributed by atoms with Crippen molar-refractivity contribution in [2.75, 3.05) is 12.4 Å². The summed E-state index contributed by atoms with van der Waals surface area (Å²) in [7, 11) is -3.20. The second kappa shape index (κ2) is 6.19. The van der Waals surface area contributed by atoms with Crippen LogP contribution >= 0.6 is 0 Å². The number of aromatic nitrogens is 2. The van der Waals surface area contributed by atoms with Crippen LogP contribution in [0.2, 0.25) is 0 Å². The molecule has 1 aromatic heterocycles. The van der Waals surface area contributed by atoms with E-state index in [1.807, 2.05) is 24.4 Å². The molecule has 1 N–H and O–H groups in total. The van der Waals surface area contributed by atoms with Gasteiger partial charge in [-0.2, -0.15) is 5.10 Å². The SMILES string of the molecule is CC(CO)CS(=O)(=O)Cc1ccc(-n2cccn2)cc1. The Balaban J connectivity index is 2.07. The lowest BCUT2D eigenvalue weighted by Gasteiger charge is -2.09. The van der Waals surface area contributed by atoms with Gasteiger partial charge >= 0.3 is 0 Å². The molecule has 0 aliphatic carbocycles. The summed E-state index contributed by atoms with van der Waals surface area (Å²) in [6.07, 6.45) is 3.52. The Labute approximate surface area is 118 Å². The number of nitrogens with zero attached hydrogens (tertiary/aromatic N) is 2. The molecule has 1 atom stereocenters. The Kier molecular flexibility index (Phi) is 4.57. The molecule has 2 rings (SSSR count). The molecule has 1 heterocycles. The first-order valence-electron chi connectivity index (χ1n) is 6.40. The van der Waals surface area contributed by atoms with Crippen LogP contribution in [-0.2, 0) is 15.6 Å². The van der Waals surface area contributed by atoms with Crippen molar-refractivity contribution in [3.63, 3.8) is 0 Å².